The molecule has 16 heavy (non-hydrogen) atoms. The summed E-state index contributed by atoms with van der Waals surface area (Å²) in [5.41, 5.74) is 0.761. The first kappa shape index (κ1) is 10.5. The summed E-state index contributed by atoms with van der Waals surface area (Å²) in [7, 11) is 0. The maximum atomic E-state index is 9.98. The van der Waals surface area contributed by atoms with Crippen LogP contribution in [0.25, 0.3) is 0 Å². The Morgan fingerprint density at radius 2 is 2.38 bits per heavy atom. The zero-order valence-electron chi connectivity index (χ0n) is 9.25. The lowest BCUT2D eigenvalue weighted by Gasteiger charge is -2.36. The lowest BCUT2D eigenvalue weighted by molar-refractivity contribution is -0.0202. The predicted molar refractivity (Wildman–Crippen MR) is 64.8 cm³/mol. The molecule has 0 atom stereocenters. The molecular formula is C11H17N3OS. The Morgan fingerprint density at radius 1 is 1.50 bits per heavy atom. The van der Waals surface area contributed by atoms with Crippen molar-refractivity contribution in [2.24, 2.45) is 0 Å². The zero-order chi connectivity index (χ0) is 11.0. The number of nitrogens with one attached hydrogen (secondary N) is 2. The number of aromatic nitrogens is 1. The molecule has 0 saturated heterocycles. The van der Waals surface area contributed by atoms with Crippen LogP contribution in [0.3, 0.4) is 0 Å². The Hall–Kier alpha value is -0.650. The van der Waals surface area contributed by atoms with Gasteiger partial charge in [-0.15, -0.1) is 11.3 Å². The lowest BCUT2D eigenvalue weighted by atomic mass is 9.80. The normalized spacial score (nSPS) is 22.3. The summed E-state index contributed by atoms with van der Waals surface area (Å²) in [6, 6.07) is 0. The number of aliphatic hydroxyl groups is 1. The van der Waals surface area contributed by atoms with Crippen molar-refractivity contribution in [3.05, 3.63) is 10.6 Å². The summed E-state index contributed by atoms with van der Waals surface area (Å²) in [6.45, 7) is 2.62. The molecule has 3 rings (SSSR count). The van der Waals surface area contributed by atoms with Gasteiger partial charge in [-0.2, -0.15) is 0 Å². The standard InChI is InChI=1S/C11H17N3OS/c15-11(3-1-4-11)7-13-10-14-8-2-5-12-6-9(8)16-10/h12,15H,1-7H2,(H,13,14). The fourth-order valence-electron chi connectivity index (χ4n) is 2.20. The zero-order valence-corrected chi connectivity index (χ0v) is 10.1. The van der Waals surface area contributed by atoms with Gasteiger partial charge < -0.3 is 15.7 Å². The highest BCUT2D eigenvalue weighted by molar-refractivity contribution is 7.15. The largest absolute Gasteiger partial charge is 0.388 e. The molecular weight excluding hydrogens is 222 g/mol. The van der Waals surface area contributed by atoms with Gasteiger partial charge in [0.25, 0.3) is 0 Å². The van der Waals surface area contributed by atoms with Crippen molar-refractivity contribution in [2.75, 3.05) is 18.4 Å². The molecule has 88 valence electrons. The summed E-state index contributed by atoms with van der Waals surface area (Å²) in [4.78, 5) is 5.91. The molecule has 5 heteroatoms. The molecule has 0 spiro atoms. The predicted octanol–water partition coefficient (Wildman–Crippen LogP) is 1.12. The molecule has 1 aliphatic carbocycles. The van der Waals surface area contributed by atoms with E-state index >= 15 is 0 Å². The first-order valence-corrected chi connectivity index (χ1v) is 6.72. The first-order valence-electron chi connectivity index (χ1n) is 5.91. The second kappa shape index (κ2) is 3.98. The summed E-state index contributed by atoms with van der Waals surface area (Å²) in [6.07, 6.45) is 4.02. The molecule has 2 heterocycles. The van der Waals surface area contributed by atoms with E-state index in [0.717, 1.165) is 43.9 Å². The van der Waals surface area contributed by atoms with E-state index in [4.69, 9.17) is 0 Å². The van der Waals surface area contributed by atoms with E-state index in [9.17, 15) is 5.11 Å². The molecule has 1 aromatic heterocycles. The van der Waals surface area contributed by atoms with Crippen LogP contribution >= 0.6 is 11.3 Å². The fourth-order valence-corrected chi connectivity index (χ4v) is 3.18. The second-order valence-corrected chi connectivity index (χ2v) is 5.83. The van der Waals surface area contributed by atoms with Gasteiger partial charge in [0, 0.05) is 30.9 Å². The topological polar surface area (TPSA) is 57.2 Å². The molecule has 0 bridgehead atoms. The van der Waals surface area contributed by atoms with Gasteiger partial charge in [0.1, 0.15) is 0 Å². The minimum absolute atomic E-state index is 0.468. The highest BCUT2D eigenvalue weighted by Gasteiger charge is 2.34. The summed E-state index contributed by atoms with van der Waals surface area (Å²) in [5.74, 6) is 0. The van der Waals surface area contributed by atoms with Gasteiger partial charge in [-0.1, -0.05) is 0 Å². The van der Waals surface area contributed by atoms with Crippen LogP contribution < -0.4 is 10.6 Å². The average molecular weight is 239 g/mol. The molecule has 1 saturated carbocycles. The van der Waals surface area contributed by atoms with Crippen molar-refractivity contribution in [2.45, 2.75) is 37.8 Å². The highest BCUT2D eigenvalue weighted by atomic mass is 32.1. The van der Waals surface area contributed by atoms with Gasteiger partial charge in [-0.25, -0.2) is 4.98 Å². The minimum Gasteiger partial charge on any atom is -0.388 e. The average Bonchev–Trinajstić information content (AvgIpc) is 2.66. The molecule has 1 aliphatic heterocycles. The van der Waals surface area contributed by atoms with E-state index in [1.165, 1.54) is 10.6 Å². The van der Waals surface area contributed by atoms with Crippen LogP contribution in [0.4, 0.5) is 5.13 Å². The quantitative estimate of drug-likeness (QED) is 0.740. The lowest BCUT2D eigenvalue weighted by Crippen LogP contribution is -2.43. The number of fused-ring (bicyclic) bond motifs is 1. The molecule has 0 aromatic carbocycles. The minimum atomic E-state index is -0.468. The van der Waals surface area contributed by atoms with Crippen molar-refractivity contribution < 1.29 is 5.11 Å². The molecule has 2 aliphatic rings. The van der Waals surface area contributed by atoms with Crippen LogP contribution in [-0.2, 0) is 13.0 Å². The van der Waals surface area contributed by atoms with Crippen molar-refractivity contribution in [1.29, 1.82) is 0 Å². The number of thiazole rings is 1. The Morgan fingerprint density at radius 3 is 3.06 bits per heavy atom. The Bertz CT molecular complexity index is 363. The van der Waals surface area contributed by atoms with Crippen molar-refractivity contribution in [3.8, 4) is 0 Å². The third kappa shape index (κ3) is 1.95. The summed E-state index contributed by atoms with van der Waals surface area (Å²) in [5, 5.41) is 17.6. The van der Waals surface area contributed by atoms with E-state index in [1.807, 2.05) is 0 Å². The van der Waals surface area contributed by atoms with Crippen LogP contribution in [0.2, 0.25) is 0 Å². The Labute approximate surface area is 99.1 Å². The maximum Gasteiger partial charge on any atom is 0.183 e. The third-order valence-electron chi connectivity index (χ3n) is 3.46. The molecule has 0 amide bonds. The van der Waals surface area contributed by atoms with Gasteiger partial charge in [-0.3, -0.25) is 0 Å². The van der Waals surface area contributed by atoms with E-state index in [2.05, 4.69) is 15.6 Å². The monoisotopic (exact) mass is 239 g/mol. The third-order valence-corrected chi connectivity index (χ3v) is 4.51. The highest BCUT2D eigenvalue weighted by Crippen LogP contribution is 2.32. The van der Waals surface area contributed by atoms with E-state index in [1.54, 1.807) is 11.3 Å². The van der Waals surface area contributed by atoms with Crippen LogP contribution in [0, 0.1) is 0 Å². The van der Waals surface area contributed by atoms with Crippen LogP contribution in [0.5, 0.6) is 0 Å². The number of anilines is 1. The molecule has 0 unspecified atom stereocenters. The Balaban J connectivity index is 1.64. The van der Waals surface area contributed by atoms with Gasteiger partial charge in [0.05, 0.1) is 11.3 Å². The number of hydrogen-bond donors (Lipinski definition) is 3. The van der Waals surface area contributed by atoms with Gasteiger partial charge in [0.2, 0.25) is 0 Å². The second-order valence-electron chi connectivity index (χ2n) is 4.75. The van der Waals surface area contributed by atoms with Crippen molar-refractivity contribution in [1.82, 2.24) is 10.3 Å². The number of nitrogens with zero attached hydrogens (tertiary/aromatic N) is 1. The van der Waals surface area contributed by atoms with Crippen molar-refractivity contribution in [3.63, 3.8) is 0 Å². The van der Waals surface area contributed by atoms with Crippen molar-refractivity contribution >= 4 is 16.5 Å². The first-order chi connectivity index (χ1) is 7.75. The van der Waals surface area contributed by atoms with Gasteiger partial charge in [-0.05, 0) is 19.3 Å². The molecule has 4 nitrogen and oxygen atoms in total. The summed E-state index contributed by atoms with van der Waals surface area (Å²) < 4.78 is 0. The van der Waals surface area contributed by atoms with E-state index in [-0.39, 0.29) is 0 Å². The van der Waals surface area contributed by atoms with E-state index in [0.29, 0.717) is 6.54 Å². The molecule has 1 fully saturated rings. The Kier molecular flexibility index (Phi) is 2.61. The van der Waals surface area contributed by atoms with Gasteiger partial charge in [0.15, 0.2) is 5.13 Å². The van der Waals surface area contributed by atoms with Crippen LogP contribution in [0.15, 0.2) is 0 Å². The van der Waals surface area contributed by atoms with Crippen LogP contribution in [-0.4, -0.2) is 28.8 Å². The molecule has 3 N–H and O–H groups in total. The van der Waals surface area contributed by atoms with Crippen LogP contribution in [0.1, 0.15) is 29.8 Å². The smallest absolute Gasteiger partial charge is 0.183 e. The molecule has 1 aromatic rings. The maximum absolute atomic E-state index is 9.98. The number of hydrogen-bond acceptors (Lipinski definition) is 5. The fraction of sp³-hybridized carbons (Fsp3) is 0.727. The van der Waals surface area contributed by atoms with E-state index < -0.39 is 5.60 Å². The van der Waals surface area contributed by atoms with Gasteiger partial charge >= 0.3 is 0 Å². The summed E-state index contributed by atoms with van der Waals surface area (Å²) >= 11 is 1.71. The SMILES string of the molecule is OC1(CNc2nc3c(s2)CNCC3)CCC1. The number of rotatable bonds is 3. The molecule has 0 radical (unpaired) electrons.